The fourth-order valence-corrected chi connectivity index (χ4v) is 11.4. The molecule has 7 N–H and O–H groups in total. The van der Waals surface area contributed by atoms with Gasteiger partial charge in [0.1, 0.15) is 32.9 Å². The second-order valence-electron chi connectivity index (χ2n) is 14.5. The smallest absolute Gasteiger partial charge is 0.870 e. The Morgan fingerprint density at radius 2 is 1.46 bits per heavy atom. The van der Waals surface area contributed by atoms with Crippen LogP contribution in [0.3, 0.4) is 0 Å². The Labute approximate surface area is 402 Å². The first kappa shape index (κ1) is 57.9. The van der Waals surface area contributed by atoms with Crippen LogP contribution in [0.2, 0.25) is 18.1 Å². The van der Waals surface area contributed by atoms with Crippen LogP contribution in [0.5, 0.6) is 0 Å². The van der Waals surface area contributed by atoms with Crippen LogP contribution in [-0.2, 0) is 32.7 Å². The Bertz CT molecular complexity index is 2580. The van der Waals surface area contributed by atoms with Gasteiger partial charge in [-0.15, -0.1) is 0 Å². The van der Waals surface area contributed by atoms with Crippen molar-refractivity contribution in [2.45, 2.75) is 64.6 Å². The summed E-state index contributed by atoms with van der Waals surface area (Å²) in [7, 11) is -6.40. The first-order valence-corrected chi connectivity index (χ1v) is 26.5. The van der Waals surface area contributed by atoms with Crippen molar-refractivity contribution in [1.29, 1.82) is 4.78 Å². The molecule has 0 aliphatic rings. The molecule has 29 heteroatoms. The summed E-state index contributed by atoms with van der Waals surface area (Å²) in [6.07, 6.45) is 4.79. The van der Waals surface area contributed by atoms with E-state index in [2.05, 4.69) is 106 Å². The maximum atomic E-state index is 13.6. The number of aliphatic hydroxyl groups excluding tert-OH is 1. The van der Waals surface area contributed by atoms with Gasteiger partial charge >= 0.3 is 35.3 Å². The number of aromatic nitrogens is 6. The fourth-order valence-electron chi connectivity index (χ4n) is 4.80. The van der Waals surface area contributed by atoms with Crippen LogP contribution in [-0.4, -0.2) is 101 Å². The first-order valence-electron chi connectivity index (χ1n) is 18.0. The maximum absolute atomic E-state index is 13.6. The van der Waals surface area contributed by atoms with Gasteiger partial charge in [-0.3, -0.25) is 19.2 Å². The third-order valence-corrected chi connectivity index (χ3v) is 18.3. The summed E-state index contributed by atoms with van der Waals surface area (Å²) in [6, 6.07) is 8.17. The van der Waals surface area contributed by atoms with Crippen LogP contribution in [0.25, 0.3) is 17.2 Å². The summed E-state index contributed by atoms with van der Waals surface area (Å²) in [5.41, 5.74) is 3.95. The standard InChI is InChI=1S/C20H28BrFN6O4SSi.C13H16BrFN6O3S.CH4O.Na.H2O/c1-20(2,3)34(5,6)27-33(4,30)23-11-7-8-16-17(25-32-24-16)18-26-31-19(29)28(18)13-9-10-15(22)14(21)12-13;1-25(16,23)17-6-2-3-11-12(21-24-20-11)13(19-22)18-8-4-5-10(15)9(14)7-8;1-2;;/h9-10,12H,7-8,11H2,1-6H3,(H,23,27,30);4-5,7,22H,2-3,6H2,1H3,(H,18,19)(H2,16,17,23);2H,1H3;;1H2/q;;;+1;/p-1. The molecule has 2 atom stereocenters. The number of nitrogens with one attached hydrogen (secondary N) is 4. The number of nitrogens with zero attached hydrogens (tertiary/aromatic N) is 8. The van der Waals surface area contributed by atoms with Crippen molar-refractivity contribution in [3.05, 3.63) is 84.6 Å². The van der Waals surface area contributed by atoms with Gasteiger partial charge < -0.3 is 10.6 Å². The van der Waals surface area contributed by atoms with E-state index in [-0.39, 0.29) is 72.1 Å². The topological polar surface area (TPSA) is 315 Å². The summed E-state index contributed by atoms with van der Waals surface area (Å²) in [5.74, 6) is -1.60. The molecule has 2 unspecified atom stereocenters. The molecule has 21 nitrogen and oxygen atoms in total. The van der Waals surface area contributed by atoms with E-state index in [0.717, 1.165) is 11.7 Å². The van der Waals surface area contributed by atoms with Gasteiger partial charge in [0, 0.05) is 32.7 Å². The van der Waals surface area contributed by atoms with E-state index in [0.29, 0.717) is 61.5 Å². The van der Waals surface area contributed by atoms with Crippen molar-refractivity contribution in [3.63, 3.8) is 0 Å². The zero-order chi connectivity index (χ0) is 45.8. The average Bonchev–Trinajstić information content (AvgIpc) is 3.93. The van der Waals surface area contributed by atoms with Crippen molar-refractivity contribution in [2.75, 3.05) is 32.7 Å². The van der Waals surface area contributed by atoms with Crippen LogP contribution in [0.1, 0.15) is 50.7 Å². The zero-order valence-electron chi connectivity index (χ0n) is 35.9. The Morgan fingerprint density at radius 3 is 2.03 bits per heavy atom. The summed E-state index contributed by atoms with van der Waals surface area (Å²) in [5, 5.41) is 35.4. The molecule has 63 heavy (non-hydrogen) atoms. The normalized spacial score (nSPS) is 13.5. The maximum Gasteiger partial charge on any atom is 1.00 e. The summed E-state index contributed by atoms with van der Waals surface area (Å²) >= 11 is 6.17. The molecular weight excluding hydrogens is 1030 g/mol. The van der Waals surface area contributed by atoms with Gasteiger partial charge in [-0.05, 0) is 122 Å². The average molecular weight is 1080 g/mol. The minimum Gasteiger partial charge on any atom is -0.870 e. The number of aliphatic hydroxyl groups is 1. The third-order valence-electron chi connectivity index (χ3n) is 8.73. The van der Waals surface area contributed by atoms with E-state index >= 15 is 0 Å². The summed E-state index contributed by atoms with van der Waals surface area (Å²) in [4.78, 5) is 16.4. The van der Waals surface area contributed by atoms with Gasteiger partial charge in [0.05, 0.1) is 30.2 Å². The van der Waals surface area contributed by atoms with Crippen molar-refractivity contribution >= 4 is 71.4 Å². The molecule has 0 amide bonds. The minimum atomic E-state index is -2.77. The number of aryl methyl sites for hydroxylation is 2. The van der Waals surface area contributed by atoms with Crippen molar-refractivity contribution in [1.82, 2.24) is 45.3 Å². The van der Waals surface area contributed by atoms with Gasteiger partial charge in [-0.25, -0.2) is 55.0 Å². The monoisotopic (exact) mass is 1080 g/mol. The van der Waals surface area contributed by atoms with Gasteiger partial charge in [-0.1, -0.05) is 36.2 Å². The van der Waals surface area contributed by atoms with Crippen LogP contribution in [0.15, 0.2) is 72.9 Å². The number of rotatable bonds is 15. The number of benzene rings is 2. The molecule has 5 rings (SSSR count). The van der Waals surface area contributed by atoms with E-state index in [1.807, 2.05) is 5.48 Å². The quantitative estimate of drug-likeness (QED) is 0.0289. The minimum absolute atomic E-state index is 0. The van der Waals surface area contributed by atoms with Gasteiger partial charge in [0.25, 0.3) is 0 Å². The molecule has 0 spiro atoms. The van der Waals surface area contributed by atoms with E-state index in [4.69, 9.17) is 27.7 Å². The number of amidine groups is 1. The van der Waals surface area contributed by atoms with E-state index < -0.39 is 45.5 Å². The molecule has 0 radical (unpaired) electrons. The first-order chi connectivity index (χ1) is 28.5. The van der Waals surface area contributed by atoms with E-state index in [1.165, 1.54) is 42.7 Å². The number of halogens is 4. The van der Waals surface area contributed by atoms with E-state index in [9.17, 15) is 27.2 Å². The molecule has 3 aromatic heterocycles. The molecule has 0 fully saturated rings. The fraction of sp³-hybridized carbons (Fsp3) is 0.441. The summed E-state index contributed by atoms with van der Waals surface area (Å²) in [6.45, 7) is 11.3. The molecule has 344 valence electrons. The largest absolute Gasteiger partial charge is 1.00 e. The van der Waals surface area contributed by atoms with Crippen LogP contribution < -0.4 is 50.2 Å². The molecular formula is C34H49Br2F2N12NaO9S2Si. The van der Waals surface area contributed by atoms with Crippen molar-refractivity contribution < 1.29 is 76.3 Å². The Morgan fingerprint density at radius 1 is 0.905 bits per heavy atom. The third kappa shape index (κ3) is 17.3. The summed E-state index contributed by atoms with van der Waals surface area (Å²) < 4.78 is 84.7. The Balaban J connectivity index is 0.000000612. The van der Waals surface area contributed by atoms with Gasteiger partial charge in [0.2, 0.25) is 5.82 Å². The second kappa shape index (κ2) is 25.5. The molecule has 5 aromatic rings. The molecule has 3 heterocycles. The van der Waals surface area contributed by atoms with Crippen molar-refractivity contribution in [3.8, 4) is 17.2 Å². The van der Waals surface area contributed by atoms with Gasteiger partial charge in [-0.2, -0.15) is 0 Å². The number of aliphatic imine (C=N–C) groups is 1. The second-order valence-corrected chi connectivity index (χ2v) is 25.5. The van der Waals surface area contributed by atoms with Crippen molar-refractivity contribution in [2.24, 2.45) is 9.02 Å². The predicted octanol–water partition coefficient (Wildman–Crippen LogP) is 2.90. The molecule has 0 aliphatic heterocycles. The molecule has 0 saturated carbocycles. The Hall–Kier alpha value is -3.13. The number of hydrogen-bond donors (Lipinski definition) is 6. The molecule has 2 aromatic carbocycles. The van der Waals surface area contributed by atoms with Gasteiger partial charge in [0.15, 0.2) is 25.5 Å². The zero-order valence-corrected chi connectivity index (χ0v) is 43.7. The van der Waals surface area contributed by atoms with Crippen LogP contribution in [0.4, 0.5) is 14.5 Å². The molecule has 0 aliphatic carbocycles. The Kier molecular flexibility index (Phi) is 23.5. The molecule has 0 bridgehead atoms. The number of hydroxylamine groups is 1. The van der Waals surface area contributed by atoms with Crippen LogP contribution in [0, 0.1) is 16.4 Å². The molecule has 0 saturated heterocycles. The SMILES string of the molecule is CC(C)(C)[Si](C)(C)N=S(C)(=O)NCCCc1nonc1-c1noc(=O)n1-c1ccc(F)c(Br)c1.CO.CS(=N)(=O)NCCCc1nonc1C(=Nc1ccc(F)c(Br)c1)NO.[Na+].[OH-]. The predicted molar refractivity (Wildman–Crippen MR) is 236 cm³/mol. The van der Waals surface area contributed by atoms with Crippen LogP contribution >= 0.6 is 31.9 Å². The number of hydrogen-bond acceptors (Lipinski definition) is 17. The van der Waals surface area contributed by atoms with E-state index in [1.54, 1.807) is 6.26 Å².